The molecule has 0 spiro atoms. The van der Waals surface area contributed by atoms with Gasteiger partial charge in [0.2, 0.25) is 0 Å². The molecule has 20 heavy (non-hydrogen) atoms. The number of benzene rings is 1. The maximum Gasteiger partial charge on any atom is 0.161 e. The topological polar surface area (TPSA) is 33.7 Å². The van der Waals surface area contributed by atoms with Crippen molar-refractivity contribution in [3.8, 4) is 11.5 Å². The van der Waals surface area contributed by atoms with Gasteiger partial charge in [0.15, 0.2) is 11.5 Å². The summed E-state index contributed by atoms with van der Waals surface area (Å²) in [5, 5.41) is 3.62. The molecule has 4 heteroatoms. The van der Waals surface area contributed by atoms with E-state index in [0.717, 1.165) is 30.0 Å². The molecule has 108 valence electrons. The van der Waals surface area contributed by atoms with Gasteiger partial charge in [0.25, 0.3) is 0 Å². The zero-order valence-electron chi connectivity index (χ0n) is 11.8. The fraction of sp³-hybridized carbons (Fsp3) is 0.625. The van der Waals surface area contributed by atoms with Crippen molar-refractivity contribution < 1.29 is 9.47 Å². The first-order chi connectivity index (χ1) is 9.88. The van der Waals surface area contributed by atoms with Crippen molar-refractivity contribution in [3.63, 3.8) is 0 Å². The maximum absolute atomic E-state index is 5.67. The number of likely N-dealkylation sites (tertiary alicyclic amines) is 1. The summed E-state index contributed by atoms with van der Waals surface area (Å²) in [4.78, 5) is 2.58. The van der Waals surface area contributed by atoms with Gasteiger partial charge in [-0.1, -0.05) is 6.07 Å². The quantitative estimate of drug-likeness (QED) is 0.889. The average molecular weight is 274 g/mol. The highest BCUT2D eigenvalue weighted by molar-refractivity contribution is 5.43. The molecule has 3 aliphatic rings. The third kappa shape index (κ3) is 2.38. The minimum atomic E-state index is 0.661. The Hall–Kier alpha value is -1.26. The van der Waals surface area contributed by atoms with Gasteiger partial charge >= 0.3 is 0 Å². The van der Waals surface area contributed by atoms with E-state index in [1.807, 2.05) is 6.07 Å². The molecule has 1 aromatic carbocycles. The van der Waals surface area contributed by atoms with Crippen molar-refractivity contribution in [2.45, 2.75) is 25.4 Å². The van der Waals surface area contributed by atoms with Crippen molar-refractivity contribution in [2.75, 3.05) is 32.8 Å². The molecule has 2 fully saturated rings. The van der Waals surface area contributed by atoms with Gasteiger partial charge in [0.1, 0.15) is 13.2 Å². The highest BCUT2D eigenvalue weighted by Crippen LogP contribution is 2.32. The second-order valence-electron chi connectivity index (χ2n) is 6.11. The summed E-state index contributed by atoms with van der Waals surface area (Å²) in [6.45, 7) is 5.98. The summed E-state index contributed by atoms with van der Waals surface area (Å²) in [5.41, 5.74) is 1.33. The molecular formula is C16H22N2O2. The molecule has 1 aromatic rings. The van der Waals surface area contributed by atoms with Crippen LogP contribution in [-0.2, 0) is 6.54 Å². The molecule has 2 atom stereocenters. The van der Waals surface area contributed by atoms with E-state index in [1.54, 1.807) is 0 Å². The Morgan fingerprint density at radius 2 is 2.05 bits per heavy atom. The van der Waals surface area contributed by atoms with Crippen molar-refractivity contribution in [2.24, 2.45) is 5.92 Å². The Morgan fingerprint density at radius 1 is 1.15 bits per heavy atom. The molecule has 0 aromatic heterocycles. The molecule has 2 saturated heterocycles. The van der Waals surface area contributed by atoms with E-state index in [0.29, 0.717) is 13.2 Å². The van der Waals surface area contributed by atoms with Gasteiger partial charge in [-0.3, -0.25) is 4.90 Å². The summed E-state index contributed by atoms with van der Waals surface area (Å²) in [7, 11) is 0. The minimum Gasteiger partial charge on any atom is -0.486 e. The van der Waals surface area contributed by atoms with E-state index in [9.17, 15) is 0 Å². The molecule has 0 radical (unpaired) electrons. The standard InChI is InChI=1S/C16H22N2O2/c1-2-15-16(20-8-7-19-15)9-12(1)10-18-6-4-14-13(11-18)3-5-17-14/h1-2,9,13-14,17H,3-8,10-11H2. The zero-order chi connectivity index (χ0) is 13.4. The van der Waals surface area contributed by atoms with Gasteiger partial charge in [-0.25, -0.2) is 0 Å². The van der Waals surface area contributed by atoms with Gasteiger partial charge in [-0.05, 0) is 49.5 Å². The van der Waals surface area contributed by atoms with Gasteiger partial charge in [-0.2, -0.15) is 0 Å². The number of ether oxygens (including phenoxy) is 2. The normalized spacial score (nSPS) is 29.2. The van der Waals surface area contributed by atoms with Crippen molar-refractivity contribution in [1.29, 1.82) is 0 Å². The van der Waals surface area contributed by atoms with E-state index >= 15 is 0 Å². The Balaban J connectivity index is 1.43. The third-order valence-corrected chi connectivity index (χ3v) is 4.75. The summed E-state index contributed by atoms with van der Waals surface area (Å²) in [6.07, 6.45) is 2.62. The number of rotatable bonds is 2. The second kappa shape index (κ2) is 5.26. The molecule has 3 aliphatic heterocycles. The number of nitrogens with one attached hydrogen (secondary N) is 1. The van der Waals surface area contributed by atoms with Gasteiger partial charge in [0, 0.05) is 19.1 Å². The zero-order valence-corrected chi connectivity index (χ0v) is 11.8. The first-order valence-corrected chi connectivity index (χ1v) is 7.73. The molecule has 0 bridgehead atoms. The highest BCUT2D eigenvalue weighted by atomic mass is 16.6. The summed E-state index contributed by atoms with van der Waals surface area (Å²) in [6, 6.07) is 7.14. The van der Waals surface area contributed by atoms with Crippen LogP contribution in [-0.4, -0.2) is 43.8 Å². The first-order valence-electron chi connectivity index (χ1n) is 7.73. The van der Waals surface area contributed by atoms with Crippen LogP contribution in [0.1, 0.15) is 18.4 Å². The predicted molar refractivity (Wildman–Crippen MR) is 77.2 cm³/mol. The van der Waals surface area contributed by atoms with Gasteiger partial charge in [0.05, 0.1) is 0 Å². The molecule has 4 nitrogen and oxygen atoms in total. The van der Waals surface area contributed by atoms with Crippen molar-refractivity contribution in [3.05, 3.63) is 23.8 Å². The first kappa shape index (κ1) is 12.5. The van der Waals surface area contributed by atoms with Gasteiger partial charge < -0.3 is 14.8 Å². The number of nitrogens with zero attached hydrogens (tertiary/aromatic N) is 1. The monoisotopic (exact) mass is 274 g/mol. The van der Waals surface area contributed by atoms with Crippen molar-refractivity contribution >= 4 is 0 Å². The molecule has 0 aliphatic carbocycles. The Kier molecular flexibility index (Phi) is 3.28. The Bertz CT molecular complexity index is 491. The smallest absolute Gasteiger partial charge is 0.161 e. The van der Waals surface area contributed by atoms with E-state index in [-0.39, 0.29) is 0 Å². The van der Waals surface area contributed by atoms with Crippen LogP contribution in [0.25, 0.3) is 0 Å². The minimum absolute atomic E-state index is 0.661. The van der Waals surface area contributed by atoms with Crippen LogP contribution in [0.5, 0.6) is 11.5 Å². The molecule has 0 amide bonds. The number of hydrogen-bond acceptors (Lipinski definition) is 4. The third-order valence-electron chi connectivity index (χ3n) is 4.75. The Morgan fingerprint density at radius 3 is 3.00 bits per heavy atom. The van der Waals surface area contributed by atoms with Crippen LogP contribution in [0.15, 0.2) is 18.2 Å². The predicted octanol–water partition coefficient (Wildman–Crippen LogP) is 1.64. The summed E-state index contributed by atoms with van der Waals surface area (Å²) < 4.78 is 11.2. The fourth-order valence-corrected chi connectivity index (χ4v) is 3.71. The lowest BCUT2D eigenvalue weighted by molar-refractivity contribution is 0.154. The van der Waals surface area contributed by atoms with Crippen molar-refractivity contribution in [1.82, 2.24) is 10.2 Å². The lowest BCUT2D eigenvalue weighted by atomic mass is 9.93. The number of hydrogen-bond donors (Lipinski definition) is 1. The van der Waals surface area contributed by atoms with Crippen LogP contribution < -0.4 is 14.8 Å². The molecular weight excluding hydrogens is 252 g/mol. The van der Waals surface area contributed by atoms with E-state index < -0.39 is 0 Å². The summed E-state index contributed by atoms with van der Waals surface area (Å²) >= 11 is 0. The second-order valence-corrected chi connectivity index (χ2v) is 6.11. The van der Waals surface area contributed by atoms with E-state index in [2.05, 4.69) is 22.3 Å². The van der Waals surface area contributed by atoms with Gasteiger partial charge in [-0.15, -0.1) is 0 Å². The fourth-order valence-electron chi connectivity index (χ4n) is 3.71. The number of piperidine rings is 1. The largest absolute Gasteiger partial charge is 0.486 e. The Labute approximate surface area is 120 Å². The van der Waals surface area contributed by atoms with E-state index in [1.165, 1.54) is 38.0 Å². The average Bonchev–Trinajstić information content (AvgIpc) is 2.95. The lowest BCUT2D eigenvalue weighted by Crippen LogP contribution is -2.43. The lowest BCUT2D eigenvalue weighted by Gasteiger charge is -2.35. The SMILES string of the molecule is c1cc2c(cc1CN1CCC3NCCC3C1)OCCO2. The van der Waals surface area contributed by atoms with Crippen LogP contribution in [0.4, 0.5) is 0 Å². The molecule has 3 heterocycles. The van der Waals surface area contributed by atoms with E-state index in [4.69, 9.17) is 9.47 Å². The molecule has 4 rings (SSSR count). The van der Waals surface area contributed by atoms with Crippen LogP contribution >= 0.6 is 0 Å². The van der Waals surface area contributed by atoms with Crippen LogP contribution in [0, 0.1) is 5.92 Å². The molecule has 2 unspecified atom stereocenters. The highest BCUT2D eigenvalue weighted by Gasteiger charge is 2.32. The van der Waals surface area contributed by atoms with Crippen LogP contribution in [0.2, 0.25) is 0 Å². The maximum atomic E-state index is 5.67. The number of fused-ring (bicyclic) bond motifs is 2. The molecule has 1 N–H and O–H groups in total. The summed E-state index contributed by atoms with van der Waals surface area (Å²) in [5.74, 6) is 2.64. The van der Waals surface area contributed by atoms with Crippen LogP contribution in [0.3, 0.4) is 0 Å². The molecule has 0 saturated carbocycles.